The summed E-state index contributed by atoms with van der Waals surface area (Å²) >= 11 is 1.33. The molecule has 19 heavy (non-hydrogen) atoms. The van der Waals surface area contributed by atoms with Gasteiger partial charge in [0.2, 0.25) is 5.91 Å². The van der Waals surface area contributed by atoms with Gasteiger partial charge in [-0.1, -0.05) is 12.2 Å². The number of nitrogens with one attached hydrogen (secondary N) is 1. The zero-order valence-electron chi connectivity index (χ0n) is 10.8. The van der Waals surface area contributed by atoms with Crippen molar-refractivity contribution in [1.82, 2.24) is 5.32 Å². The van der Waals surface area contributed by atoms with Gasteiger partial charge in [0.1, 0.15) is 0 Å². The fourth-order valence-electron chi connectivity index (χ4n) is 1.38. The summed E-state index contributed by atoms with van der Waals surface area (Å²) < 4.78 is 25.6. The maximum atomic E-state index is 12.9. The van der Waals surface area contributed by atoms with E-state index in [1.165, 1.54) is 17.8 Å². The Labute approximate surface area is 116 Å². The first-order valence-electron chi connectivity index (χ1n) is 6.09. The molecule has 0 saturated carbocycles. The van der Waals surface area contributed by atoms with Crippen LogP contribution in [0, 0.1) is 11.6 Å². The van der Waals surface area contributed by atoms with Crippen molar-refractivity contribution in [3.8, 4) is 0 Å². The SMILES string of the molecule is C/C=C/CCNC(=O)CCSc1ccc(F)c(F)c1. The van der Waals surface area contributed by atoms with Crippen molar-refractivity contribution < 1.29 is 13.6 Å². The maximum absolute atomic E-state index is 12.9. The molecule has 0 fully saturated rings. The molecular weight excluding hydrogens is 268 g/mol. The van der Waals surface area contributed by atoms with Gasteiger partial charge in [0.25, 0.3) is 0 Å². The second kappa shape index (κ2) is 8.69. The second-order valence-corrected chi connectivity index (χ2v) is 5.05. The first-order chi connectivity index (χ1) is 9.13. The average molecular weight is 285 g/mol. The molecule has 2 nitrogen and oxygen atoms in total. The van der Waals surface area contributed by atoms with E-state index >= 15 is 0 Å². The lowest BCUT2D eigenvalue weighted by atomic mass is 10.3. The molecule has 0 heterocycles. The number of halogens is 2. The van der Waals surface area contributed by atoms with Crippen LogP contribution in [0.25, 0.3) is 0 Å². The number of carbonyl (C=O) groups is 1. The number of benzene rings is 1. The Morgan fingerprint density at radius 3 is 2.84 bits per heavy atom. The Morgan fingerprint density at radius 2 is 2.16 bits per heavy atom. The summed E-state index contributed by atoms with van der Waals surface area (Å²) in [4.78, 5) is 12.1. The first-order valence-corrected chi connectivity index (χ1v) is 7.07. The van der Waals surface area contributed by atoms with E-state index in [2.05, 4.69) is 5.32 Å². The van der Waals surface area contributed by atoms with Crippen molar-refractivity contribution in [3.63, 3.8) is 0 Å². The minimum Gasteiger partial charge on any atom is -0.356 e. The van der Waals surface area contributed by atoms with Crippen LogP contribution in [0.5, 0.6) is 0 Å². The Balaban J connectivity index is 2.22. The lowest BCUT2D eigenvalue weighted by Gasteiger charge is -2.04. The highest BCUT2D eigenvalue weighted by Crippen LogP contribution is 2.20. The molecule has 0 radical (unpaired) electrons. The molecule has 0 aliphatic heterocycles. The predicted octanol–water partition coefficient (Wildman–Crippen LogP) is 3.53. The molecule has 0 spiro atoms. The van der Waals surface area contributed by atoms with E-state index < -0.39 is 11.6 Å². The van der Waals surface area contributed by atoms with E-state index in [9.17, 15) is 13.6 Å². The van der Waals surface area contributed by atoms with Gasteiger partial charge in [-0.05, 0) is 31.5 Å². The Bertz CT molecular complexity index is 449. The van der Waals surface area contributed by atoms with E-state index in [0.29, 0.717) is 23.6 Å². The van der Waals surface area contributed by atoms with Crippen LogP contribution in [-0.4, -0.2) is 18.2 Å². The van der Waals surface area contributed by atoms with Gasteiger partial charge in [0.05, 0.1) is 0 Å². The molecule has 1 rings (SSSR count). The molecule has 0 bridgehead atoms. The van der Waals surface area contributed by atoms with Gasteiger partial charge in [0, 0.05) is 23.6 Å². The van der Waals surface area contributed by atoms with Crippen molar-refractivity contribution in [3.05, 3.63) is 42.0 Å². The molecule has 0 aliphatic rings. The minimum absolute atomic E-state index is 0.0282. The third-order valence-corrected chi connectivity index (χ3v) is 3.35. The highest BCUT2D eigenvalue weighted by Gasteiger charge is 2.04. The molecular formula is C14H17F2NOS. The molecule has 1 amide bonds. The summed E-state index contributed by atoms with van der Waals surface area (Å²) in [5.74, 6) is -1.20. The Hall–Kier alpha value is -1.36. The van der Waals surface area contributed by atoms with Crippen molar-refractivity contribution in [1.29, 1.82) is 0 Å². The summed E-state index contributed by atoms with van der Waals surface area (Å²) in [5, 5.41) is 2.79. The number of carbonyl (C=O) groups excluding carboxylic acids is 1. The molecule has 5 heteroatoms. The van der Waals surface area contributed by atoms with Gasteiger partial charge in [-0.3, -0.25) is 4.79 Å². The lowest BCUT2D eigenvalue weighted by molar-refractivity contribution is -0.120. The molecule has 1 aromatic carbocycles. The van der Waals surface area contributed by atoms with Crippen LogP contribution in [0.2, 0.25) is 0 Å². The van der Waals surface area contributed by atoms with Crippen LogP contribution >= 0.6 is 11.8 Å². The highest BCUT2D eigenvalue weighted by atomic mass is 32.2. The lowest BCUT2D eigenvalue weighted by Crippen LogP contribution is -2.24. The standard InChI is InChI=1S/C14H17F2NOS/c1-2-3-4-8-17-14(18)7-9-19-11-5-6-12(15)13(16)10-11/h2-3,5-6,10H,4,7-9H2,1H3,(H,17,18)/b3-2+. The quantitative estimate of drug-likeness (QED) is 0.472. The fourth-order valence-corrected chi connectivity index (χ4v) is 2.25. The van der Waals surface area contributed by atoms with Crippen LogP contribution < -0.4 is 5.32 Å². The van der Waals surface area contributed by atoms with Crippen molar-refractivity contribution in [2.45, 2.75) is 24.7 Å². The Kier molecular flexibility index (Phi) is 7.18. The molecule has 0 aromatic heterocycles. The van der Waals surface area contributed by atoms with Crippen molar-refractivity contribution >= 4 is 17.7 Å². The zero-order chi connectivity index (χ0) is 14.1. The smallest absolute Gasteiger partial charge is 0.220 e. The fraction of sp³-hybridized carbons (Fsp3) is 0.357. The summed E-state index contributed by atoms with van der Waals surface area (Å²) in [5.41, 5.74) is 0. The van der Waals surface area contributed by atoms with Gasteiger partial charge >= 0.3 is 0 Å². The second-order valence-electron chi connectivity index (χ2n) is 3.88. The van der Waals surface area contributed by atoms with E-state index in [1.807, 2.05) is 19.1 Å². The molecule has 1 N–H and O–H groups in total. The molecule has 1 aromatic rings. The zero-order valence-corrected chi connectivity index (χ0v) is 11.6. The summed E-state index contributed by atoms with van der Waals surface area (Å²) in [7, 11) is 0. The number of thioether (sulfide) groups is 1. The van der Waals surface area contributed by atoms with Crippen LogP contribution in [0.3, 0.4) is 0 Å². The van der Waals surface area contributed by atoms with Crippen molar-refractivity contribution in [2.75, 3.05) is 12.3 Å². The van der Waals surface area contributed by atoms with Crippen LogP contribution in [0.15, 0.2) is 35.2 Å². The summed E-state index contributed by atoms with van der Waals surface area (Å²) in [6.07, 6.45) is 5.10. The summed E-state index contributed by atoms with van der Waals surface area (Å²) in [6.45, 7) is 2.55. The number of amides is 1. The normalized spacial score (nSPS) is 10.9. The van der Waals surface area contributed by atoms with E-state index in [0.717, 1.165) is 18.6 Å². The van der Waals surface area contributed by atoms with Gasteiger partial charge in [-0.25, -0.2) is 8.78 Å². The van der Waals surface area contributed by atoms with Gasteiger partial charge in [0.15, 0.2) is 11.6 Å². The number of rotatable bonds is 7. The molecule has 0 atom stereocenters. The predicted molar refractivity (Wildman–Crippen MR) is 74.1 cm³/mol. The van der Waals surface area contributed by atoms with Gasteiger partial charge in [-0.2, -0.15) is 0 Å². The number of allylic oxidation sites excluding steroid dienone is 1. The van der Waals surface area contributed by atoms with Gasteiger partial charge < -0.3 is 5.32 Å². The van der Waals surface area contributed by atoms with Gasteiger partial charge in [-0.15, -0.1) is 11.8 Å². The highest BCUT2D eigenvalue weighted by molar-refractivity contribution is 7.99. The largest absolute Gasteiger partial charge is 0.356 e. The van der Waals surface area contributed by atoms with E-state index in [4.69, 9.17) is 0 Å². The third kappa shape index (κ3) is 6.38. The maximum Gasteiger partial charge on any atom is 0.220 e. The number of hydrogen-bond acceptors (Lipinski definition) is 2. The molecule has 104 valence electrons. The van der Waals surface area contributed by atoms with Crippen LogP contribution in [0.4, 0.5) is 8.78 Å². The third-order valence-electron chi connectivity index (χ3n) is 2.36. The van der Waals surface area contributed by atoms with Crippen LogP contribution in [0.1, 0.15) is 19.8 Å². The topological polar surface area (TPSA) is 29.1 Å². The Morgan fingerprint density at radius 1 is 1.37 bits per heavy atom. The average Bonchev–Trinajstić information content (AvgIpc) is 2.39. The summed E-state index contributed by atoms with van der Waals surface area (Å²) in [6, 6.07) is 3.74. The minimum atomic E-state index is -0.860. The molecule has 0 saturated heterocycles. The van der Waals surface area contributed by atoms with E-state index in [1.54, 1.807) is 0 Å². The first kappa shape index (κ1) is 15.7. The number of hydrogen-bond donors (Lipinski definition) is 1. The molecule has 0 unspecified atom stereocenters. The molecule has 0 aliphatic carbocycles. The van der Waals surface area contributed by atoms with Crippen LogP contribution in [-0.2, 0) is 4.79 Å². The van der Waals surface area contributed by atoms with Crippen molar-refractivity contribution in [2.24, 2.45) is 0 Å². The monoisotopic (exact) mass is 285 g/mol. The van der Waals surface area contributed by atoms with E-state index in [-0.39, 0.29) is 5.91 Å².